The van der Waals surface area contributed by atoms with Crippen molar-refractivity contribution in [1.29, 1.82) is 5.26 Å². The Hall–Kier alpha value is -2.57. The smallest absolute Gasteiger partial charge is 0.244 e. The number of alkyl halides is 2. The van der Waals surface area contributed by atoms with Crippen molar-refractivity contribution >= 4 is 9.84 Å². The van der Waals surface area contributed by atoms with E-state index in [1.807, 2.05) is 0 Å². The molecule has 0 spiro atoms. The fraction of sp³-hybridized carbons (Fsp3) is 0.278. The second kappa shape index (κ2) is 5.24. The van der Waals surface area contributed by atoms with Gasteiger partial charge in [0, 0.05) is 23.6 Å². The third kappa shape index (κ3) is 2.11. The fourth-order valence-corrected chi connectivity index (χ4v) is 5.58. The number of nitrogens with zero attached hydrogens (tertiary/aromatic N) is 1. The van der Waals surface area contributed by atoms with Crippen LogP contribution in [0.15, 0.2) is 35.2 Å². The summed E-state index contributed by atoms with van der Waals surface area (Å²) in [5, 5.41) is 16.5. The van der Waals surface area contributed by atoms with E-state index in [4.69, 9.17) is 10.00 Å². The minimum atomic E-state index is -4.54. The first-order valence-electron chi connectivity index (χ1n) is 7.89. The Morgan fingerprint density at radius 1 is 1.33 bits per heavy atom. The number of benzene rings is 2. The van der Waals surface area contributed by atoms with Crippen LogP contribution in [0, 0.1) is 17.1 Å². The zero-order valence-electron chi connectivity index (χ0n) is 13.8. The van der Waals surface area contributed by atoms with Gasteiger partial charge in [0.25, 0.3) is 0 Å². The first-order valence-corrected chi connectivity index (χ1v) is 9.37. The normalized spacial score (nSPS) is 30.0. The molecule has 1 heterocycles. The van der Waals surface area contributed by atoms with Crippen molar-refractivity contribution in [3.05, 3.63) is 52.8 Å². The summed E-state index contributed by atoms with van der Waals surface area (Å²) in [5.74, 6) is -1.05. The molecule has 2 aromatic carbocycles. The molecule has 2 aliphatic rings. The summed E-state index contributed by atoms with van der Waals surface area (Å²) >= 11 is 0. The summed E-state index contributed by atoms with van der Waals surface area (Å²) in [6.45, 7) is 0.705. The van der Waals surface area contributed by atoms with Crippen LogP contribution in [0.5, 0.6) is 11.5 Å². The number of sulfone groups is 1. The van der Waals surface area contributed by atoms with E-state index in [2.05, 4.69) is 0 Å². The van der Waals surface area contributed by atoms with Crippen molar-refractivity contribution in [2.75, 3.05) is 0 Å². The lowest BCUT2D eigenvalue weighted by Crippen LogP contribution is -2.45. The number of nitriles is 1. The van der Waals surface area contributed by atoms with Gasteiger partial charge in [-0.2, -0.15) is 5.26 Å². The van der Waals surface area contributed by atoms with E-state index in [1.54, 1.807) is 6.07 Å². The Kier molecular flexibility index (Phi) is 3.46. The minimum absolute atomic E-state index is 0.0326. The molecule has 0 saturated carbocycles. The van der Waals surface area contributed by atoms with Crippen LogP contribution < -0.4 is 4.74 Å². The Morgan fingerprint density at radius 2 is 2.04 bits per heavy atom. The predicted molar refractivity (Wildman–Crippen MR) is 86.7 cm³/mol. The summed E-state index contributed by atoms with van der Waals surface area (Å²) in [5.41, 5.74) is -3.23. The Morgan fingerprint density at radius 3 is 2.70 bits per heavy atom. The molecule has 2 aromatic rings. The zero-order chi connectivity index (χ0) is 19.8. The van der Waals surface area contributed by atoms with Crippen LogP contribution in [-0.4, -0.2) is 18.5 Å². The van der Waals surface area contributed by atoms with Gasteiger partial charge in [0.15, 0.2) is 0 Å². The number of aliphatic hydroxyl groups is 1. The lowest BCUT2D eigenvalue weighted by Gasteiger charge is -2.28. The zero-order valence-corrected chi connectivity index (χ0v) is 14.6. The van der Waals surface area contributed by atoms with E-state index in [1.165, 1.54) is 6.07 Å². The molecule has 0 bridgehead atoms. The third-order valence-corrected chi connectivity index (χ3v) is 7.40. The van der Waals surface area contributed by atoms with E-state index < -0.39 is 43.7 Å². The van der Waals surface area contributed by atoms with Crippen molar-refractivity contribution in [1.82, 2.24) is 0 Å². The van der Waals surface area contributed by atoms with E-state index in [0.717, 1.165) is 24.3 Å². The predicted octanol–water partition coefficient (Wildman–Crippen LogP) is 3.56. The average Bonchev–Trinajstić information content (AvgIpc) is 2.92. The molecular formula is C18H12F3NO4S. The van der Waals surface area contributed by atoms with Crippen molar-refractivity contribution in [2.45, 2.75) is 35.0 Å². The summed E-state index contributed by atoms with van der Waals surface area (Å²) in [6.07, 6.45) is -2.66. The van der Waals surface area contributed by atoms with Gasteiger partial charge in [-0.25, -0.2) is 21.6 Å². The highest BCUT2D eigenvalue weighted by molar-refractivity contribution is 7.93. The molecule has 4 rings (SSSR count). The van der Waals surface area contributed by atoms with Gasteiger partial charge in [-0.3, -0.25) is 0 Å². The van der Waals surface area contributed by atoms with Crippen LogP contribution in [0.2, 0.25) is 0 Å². The third-order valence-electron chi connectivity index (χ3n) is 5.13. The SMILES string of the molecule is CC1(F)C2(O)CC(F)c3c(Oc4cc(F)cc(C#N)c4)ccc(c32)S1(=O)=O. The molecule has 27 heavy (non-hydrogen) atoms. The fourth-order valence-electron chi connectivity index (χ4n) is 3.74. The summed E-state index contributed by atoms with van der Waals surface area (Å²) < 4.78 is 73.6. The van der Waals surface area contributed by atoms with E-state index in [0.29, 0.717) is 6.92 Å². The second-order valence-electron chi connectivity index (χ2n) is 6.69. The standard InChI is InChI=1S/C18H12F3NO4S/c1-17(21)18(23)7-12(20)15-13(2-3-14(16(15)18)27(17,24)25)26-11-5-9(8-22)4-10(19)6-11/h2-6,12,23H,7H2,1H3. The van der Waals surface area contributed by atoms with Crippen molar-refractivity contribution in [3.8, 4) is 17.6 Å². The summed E-state index contributed by atoms with van der Waals surface area (Å²) in [7, 11) is -4.54. The van der Waals surface area contributed by atoms with Gasteiger partial charge in [0.05, 0.1) is 16.5 Å². The monoisotopic (exact) mass is 395 g/mol. The molecule has 3 unspecified atom stereocenters. The molecule has 0 radical (unpaired) electrons. The molecule has 9 heteroatoms. The number of hydrogen-bond donors (Lipinski definition) is 1. The minimum Gasteiger partial charge on any atom is -0.457 e. The van der Waals surface area contributed by atoms with Gasteiger partial charge in [-0.05, 0) is 31.2 Å². The molecule has 140 valence electrons. The molecule has 0 aromatic heterocycles. The second-order valence-corrected chi connectivity index (χ2v) is 8.91. The highest BCUT2D eigenvalue weighted by Crippen LogP contribution is 2.63. The molecule has 0 amide bonds. The van der Waals surface area contributed by atoms with Crippen molar-refractivity contribution in [2.24, 2.45) is 0 Å². The van der Waals surface area contributed by atoms with Crippen LogP contribution >= 0.6 is 0 Å². The van der Waals surface area contributed by atoms with E-state index in [-0.39, 0.29) is 28.2 Å². The summed E-state index contributed by atoms with van der Waals surface area (Å²) in [6, 6.07) is 7.06. The van der Waals surface area contributed by atoms with Crippen LogP contribution in [0.3, 0.4) is 0 Å². The first kappa shape index (κ1) is 17.8. The average molecular weight is 395 g/mol. The Balaban J connectivity index is 1.91. The topological polar surface area (TPSA) is 87.4 Å². The Bertz CT molecular complexity index is 1140. The van der Waals surface area contributed by atoms with Crippen LogP contribution in [0.1, 0.15) is 36.2 Å². The quantitative estimate of drug-likeness (QED) is 0.840. The van der Waals surface area contributed by atoms with Crippen LogP contribution in [-0.2, 0) is 15.4 Å². The maximum absolute atomic E-state index is 15.0. The molecule has 3 atom stereocenters. The van der Waals surface area contributed by atoms with Gasteiger partial charge in [0.2, 0.25) is 14.8 Å². The number of halogens is 3. The largest absolute Gasteiger partial charge is 0.457 e. The van der Waals surface area contributed by atoms with Gasteiger partial charge in [0.1, 0.15) is 29.1 Å². The maximum Gasteiger partial charge on any atom is 0.244 e. The lowest BCUT2D eigenvalue weighted by molar-refractivity contribution is -0.0600. The van der Waals surface area contributed by atoms with E-state index >= 15 is 4.39 Å². The molecular weight excluding hydrogens is 383 g/mol. The molecule has 1 aliphatic carbocycles. The van der Waals surface area contributed by atoms with Gasteiger partial charge in [-0.15, -0.1) is 0 Å². The number of ether oxygens (including phenoxy) is 1. The van der Waals surface area contributed by atoms with Crippen molar-refractivity contribution in [3.63, 3.8) is 0 Å². The summed E-state index contributed by atoms with van der Waals surface area (Å²) in [4.78, 5) is -0.491. The van der Waals surface area contributed by atoms with Gasteiger partial charge in [-0.1, -0.05) is 0 Å². The molecule has 5 nitrogen and oxygen atoms in total. The number of hydrogen-bond acceptors (Lipinski definition) is 5. The van der Waals surface area contributed by atoms with Crippen LogP contribution in [0.4, 0.5) is 13.2 Å². The first-order chi connectivity index (χ1) is 12.5. The van der Waals surface area contributed by atoms with Crippen LogP contribution in [0.25, 0.3) is 0 Å². The molecule has 0 saturated heterocycles. The van der Waals surface area contributed by atoms with E-state index in [9.17, 15) is 22.3 Å². The lowest BCUT2D eigenvalue weighted by atomic mass is 9.91. The van der Waals surface area contributed by atoms with Crippen molar-refractivity contribution < 1.29 is 31.4 Å². The highest BCUT2D eigenvalue weighted by Gasteiger charge is 2.70. The van der Waals surface area contributed by atoms with Gasteiger partial charge < -0.3 is 9.84 Å². The Labute approximate surface area is 152 Å². The number of rotatable bonds is 2. The maximum atomic E-state index is 15.0. The molecule has 1 N–H and O–H groups in total. The van der Waals surface area contributed by atoms with Gasteiger partial charge >= 0.3 is 0 Å². The molecule has 1 aliphatic heterocycles. The highest BCUT2D eigenvalue weighted by atomic mass is 32.2. The molecule has 0 fully saturated rings.